The van der Waals surface area contributed by atoms with Crippen molar-refractivity contribution >= 4 is 64.4 Å². The third-order valence-corrected chi connectivity index (χ3v) is 8.97. The van der Waals surface area contributed by atoms with Crippen molar-refractivity contribution in [3.05, 3.63) is 92.6 Å². The quantitative estimate of drug-likeness (QED) is 0.200. The molecule has 0 saturated carbocycles. The molecule has 1 aromatic heterocycles. The molecule has 1 amide bonds. The molecule has 0 atom stereocenters. The number of fused-ring (bicyclic) bond motifs is 1. The number of rotatable bonds is 10. The minimum Gasteiger partial charge on any atom is -0.451 e. The highest BCUT2D eigenvalue weighted by molar-refractivity contribution is 9.10. The Morgan fingerprint density at radius 2 is 1.58 bits per heavy atom. The number of anilines is 1. The fourth-order valence-corrected chi connectivity index (χ4v) is 6.04. The van der Waals surface area contributed by atoms with E-state index in [2.05, 4.69) is 42.1 Å². The van der Waals surface area contributed by atoms with Crippen molar-refractivity contribution < 1.29 is 17.6 Å². The van der Waals surface area contributed by atoms with Gasteiger partial charge in [-0.1, -0.05) is 44.0 Å². The van der Waals surface area contributed by atoms with Crippen LogP contribution in [0.25, 0.3) is 11.0 Å². The second-order valence-electron chi connectivity index (χ2n) is 9.24. The van der Waals surface area contributed by atoms with Crippen molar-refractivity contribution in [2.24, 2.45) is 0 Å². The van der Waals surface area contributed by atoms with Crippen molar-refractivity contribution in [3.8, 4) is 0 Å². The molecule has 0 fully saturated rings. The van der Waals surface area contributed by atoms with Crippen molar-refractivity contribution in [2.45, 2.75) is 24.8 Å². The monoisotopic (exact) mass is 661 g/mol. The first-order chi connectivity index (χ1) is 18.1. The van der Waals surface area contributed by atoms with Gasteiger partial charge < -0.3 is 14.6 Å². The highest BCUT2D eigenvalue weighted by atomic mass is 79.9. The third-order valence-electron chi connectivity index (χ3n) is 6.12. The van der Waals surface area contributed by atoms with Crippen LogP contribution in [0.2, 0.25) is 0 Å². The molecule has 38 heavy (non-hydrogen) atoms. The molecule has 10 heteroatoms. The number of nitrogens with zero attached hydrogens (tertiary/aromatic N) is 2. The minimum absolute atomic E-state index is 0.132. The van der Waals surface area contributed by atoms with E-state index in [9.17, 15) is 13.2 Å². The van der Waals surface area contributed by atoms with Gasteiger partial charge in [-0.25, -0.2) is 8.42 Å². The van der Waals surface area contributed by atoms with E-state index >= 15 is 0 Å². The minimum atomic E-state index is -3.91. The molecular formula is C28H29Br2N3O4S. The molecule has 0 bridgehead atoms. The van der Waals surface area contributed by atoms with Crippen LogP contribution < -0.4 is 9.62 Å². The van der Waals surface area contributed by atoms with E-state index in [1.165, 1.54) is 4.31 Å². The van der Waals surface area contributed by atoms with Gasteiger partial charge in [-0.05, 0) is 94.1 Å². The topological polar surface area (TPSA) is 82.9 Å². The molecule has 4 aromatic rings. The number of aryl methyl sites for hydroxylation is 1. The van der Waals surface area contributed by atoms with Crippen LogP contribution >= 0.6 is 31.9 Å². The van der Waals surface area contributed by atoms with Crippen LogP contribution in [0, 0.1) is 6.92 Å². The highest BCUT2D eigenvalue weighted by Gasteiger charge is 2.27. The average molecular weight is 663 g/mol. The number of carbonyl (C=O) groups excluding carboxylic acids is 1. The predicted molar refractivity (Wildman–Crippen MR) is 158 cm³/mol. The lowest BCUT2D eigenvalue weighted by atomic mass is 10.1. The lowest BCUT2D eigenvalue weighted by molar-refractivity contribution is 0.0926. The summed E-state index contributed by atoms with van der Waals surface area (Å²) in [5.74, 6) is -0.0505. The summed E-state index contributed by atoms with van der Waals surface area (Å²) in [5.41, 5.74) is 2.49. The van der Waals surface area contributed by atoms with Crippen molar-refractivity contribution in [1.29, 1.82) is 0 Å². The van der Waals surface area contributed by atoms with Gasteiger partial charge in [0.15, 0.2) is 5.76 Å². The van der Waals surface area contributed by atoms with Gasteiger partial charge in [0.05, 0.1) is 17.1 Å². The maximum absolute atomic E-state index is 13.9. The molecule has 0 aliphatic heterocycles. The molecular weight excluding hydrogens is 634 g/mol. The zero-order valence-corrected chi connectivity index (χ0v) is 25.4. The standard InChI is InChI=1S/C28H29Br2N3O4S/c1-19-25-17-23(11-14-26(25)37-27(19)28(34)31-15-4-16-32(2)3)33(18-20-5-7-21(29)8-6-20)38(35,36)24-12-9-22(30)10-13-24/h5-14,17H,4,15-16,18H2,1-3H3,(H,31,34). The average Bonchev–Trinajstić information content (AvgIpc) is 3.22. The zero-order valence-electron chi connectivity index (χ0n) is 21.4. The van der Waals surface area contributed by atoms with Crippen LogP contribution in [0.3, 0.4) is 0 Å². The lowest BCUT2D eigenvalue weighted by Gasteiger charge is -2.25. The van der Waals surface area contributed by atoms with Crippen LogP contribution in [0.5, 0.6) is 0 Å². The fraction of sp³-hybridized carbons (Fsp3) is 0.250. The molecule has 0 spiro atoms. The summed E-state index contributed by atoms with van der Waals surface area (Å²) in [6.45, 7) is 3.34. The fourth-order valence-electron chi connectivity index (χ4n) is 4.06. The molecule has 0 aliphatic carbocycles. The van der Waals surface area contributed by atoms with Gasteiger partial charge >= 0.3 is 0 Å². The molecule has 3 aromatic carbocycles. The summed E-state index contributed by atoms with van der Waals surface area (Å²) in [6.07, 6.45) is 0.821. The van der Waals surface area contributed by atoms with Gasteiger partial charge in [-0.2, -0.15) is 0 Å². The number of benzene rings is 3. The molecule has 0 radical (unpaired) electrons. The van der Waals surface area contributed by atoms with E-state index in [-0.39, 0.29) is 23.1 Å². The summed E-state index contributed by atoms with van der Waals surface area (Å²) < 4.78 is 36.7. The summed E-state index contributed by atoms with van der Waals surface area (Å²) in [4.78, 5) is 15.0. The predicted octanol–water partition coefficient (Wildman–Crippen LogP) is 6.34. The van der Waals surface area contributed by atoms with E-state index < -0.39 is 10.0 Å². The van der Waals surface area contributed by atoms with Crippen LogP contribution in [0.1, 0.15) is 28.1 Å². The van der Waals surface area contributed by atoms with Gasteiger partial charge in [0, 0.05) is 26.4 Å². The lowest BCUT2D eigenvalue weighted by Crippen LogP contribution is -2.30. The number of sulfonamides is 1. The summed E-state index contributed by atoms with van der Waals surface area (Å²) in [7, 11) is 0.0664. The van der Waals surface area contributed by atoms with E-state index in [1.54, 1.807) is 42.5 Å². The summed E-state index contributed by atoms with van der Waals surface area (Å²) in [6, 6.07) is 19.3. The molecule has 0 unspecified atom stereocenters. The van der Waals surface area contributed by atoms with E-state index in [0.29, 0.717) is 28.8 Å². The van der Waals surface area contributed by atoms with Gasteiger partial charge in [-0.3, -0.25) is 9.10 Å². The first-order valence-corrected chi connectivity index (χ1v) is 15.1. The second-order valence-corrected chi connectivity index (χ2v) is 12.9. The summed E-state index contributed by atoms with van der Waals surface area (Å²) in [5, 5.41) is 3.60. The smallest absolute Gasteiger partial charge is 0.287 e. The highest BCUT2D eigenvalue weighted by Crippen LogP contribution is 2.33. The number of amides is 1. The molecule has 200 valence electrons. The first-order valence-electron chi connectivity index (χ1n) is 12.0. The molecule has 0 saturated heterocycles. The van der Waals surface area contributed by atoms with Gasteiger partial charge in [0.1, 0.15) is 5.58 Å². The zero-order chi connectivity index (χ0) is 27.4. The number of hydrogen-bond donors (Lipinski definition) is 1. The number of hydrogen-bond acceptors (Lipinski definition) is 5. The largest absolute Gasteiger partial charge is 0.451 e. The van der Waals surface area contributed by atoms with E-state index in [4.69, 9.17) is 4.42 Å². The van der Waals surface area contributed by atoms with Crippen molar-refractivity contribution in [3.63, 3.8) is 0 Å². The van der Waals surface area contributed by atoms with Gasteiger partial charge in [-0.15, -0.1) is 0 Å². The molecule has 1 N–H and O–H groups in total. The molecule has 1 heterocycles. The molecule has 7 nitrogen and oxygen atoms in total. The maximum atomic E-state index is 13.9. The number of carbonyl (C=O) groups is 1. The molecule has 0 aliphatic rings. The third kappa shape index (κ3) is 6.48. The SMILES string of the molecule is Cc1c(C(=O)NCCCN(C)C)oc2ccc(N(Cc3ccc(Br)cc3)S(=O)(=O)c3ccc(Br)cc3)cc12. The van der Waals surface area contributed by atoms with Crippen LogP contribution in [0.15, 0.2) is 85.0 Å². The van der Waals surface area contributed by atoms with Gasteiger partial charge in [0.2, 0.25) is 0 Å². The Kier molecular flexibility index (Phi) is 8.97. The number of furan rings is 1. The Labute approximate surface area is 240 Å². The second kappa shape index (κ2) is 12.0. The van der Waals surface area contributed by atoms with Crippen LogP contribution in [-0.2, 0) is 16.6 Å². The first kappa shape index (κ1) is 28.4. The van der Waals surface area contributed by atoms with Crippen LogP contribution in [0.4, 0.5) is 5.69 Å². The number of nitrogens with one attached hydrogen (secondary N) is 1. The van der Waals surface area contributed by atoms with E-state index in [1.807, 2.05) is 45.3 Å². The molecule has 4 rings (SSSR count). The van der Waals surface area contributed by atoms with Crippen molar-refractivity contribution in [2.75, 3.05) is 31.5 Å². The van der Waals surface area contributed by atoms with Crippen LogP contribution in [-0.4, -0.2) is 46.4 Å². The Morgan fingerprint density at radius 1 is 0.947 bits per heavy atom. The Bertz CT molecular complexity index is 1530. The van der Waals surface area contributed by atoms with Crippen molar-refractivity contribution in [1.82, 2.24) is 10.2 Å². The summed E-state index contributed by atoms with van der Waals surface area (Å²) >= 11 is 6.80. The Hall–Kier alpha value is -2.66. The van der Waals surface area contributed by atoms with Gasteiger partial charge in [0.25, 0.3) is 15.9 Å². The van der Waals surface area contributed by atoms with E-state index in [0.717, 1.165) is 27.5 Å². The Balaban J connectivity index is 1.71. The maximum Gasteiger partial charge on any atom is 0.287 e. The number of halogens is 2. The normalized spacial score (nSPS) is 11.7. The Morgan fingerprint density at radius 3 is 2.21 bits per heavy atom.